The maximum absolute atomic E-state index is 13.8. The molecule has 9 nitrogen and oxygen atoms in total. The van der Waals surface area contributed by atoms with E-state index in [4.69, 9.17) is 14.2 Å². The van der Waals surface area contributed by atoms with Gasteiger partial charge in [-0.2, -0.15) is 0 Å². The van der Waals surface area contributed by atoms with Gasteiger partial charge in [0.25, 0.3) is 0 Å². The van der Waals surface area contributed by atoms with Crippen molar-refractivity contribution in [2.75, 3.05) is 33.2 Å². The fourth-order valence-corrected chi connectivity index (χ4v) is 6.32. The highest BCUT2D eigenvalue weighted by atomic mass is 16.5. The predicted molar refractivity (Wildman–Crippen MR) is 174 cm³/mol. The van der Waals surface area contributed by atoms with Gasteiger partial charge in [-0.05, 0) is 92.2 Å². The largest absolute Gasteiger partial charge is 0.493 e. The first-order valence-corrected chi connectivity index (χ1v) is 15.7. The van der Waals surface area contributed by atoms with Gasteiger partial charge in [0.2, 0.25) is 23.0 Å². The molecule has 0 saturated heterocycles. The van der Waals surface area contributed by atoms with Gasteiger partial charge in [0.15, 0.2) is 11.5 Å². The van der Waals surface area contributed by atoms with E-state index in [9.17, 15) is 14.4 Å². The van der Waals surface area contributed by atoms with Crippen LogP contribution in [0.4, 0.5) is 5.69 Å². The Bertz CT molecular complexity index is 1450. The summed E-state index contributed by atoms with van der Waals surface area (Å²) in [6.07, 6.45) is 9.54. The van der Waals surface area contributed by atoms with Gasteiger partial charge in [-0.15, -0.1) is 0 Å². The van der Waals surface area contributed by atoms with E-state index in [0.717, 1.165) is 36.0 Å². The first-order valence-electron chi connectivity index (χ1n) is 15.7. The SMILES string of the molecule is COc1cc2c(c(OC)c1OC)-c1ccc(NC(CC(C)C)C(=O)NCCC3=CCCCC3)c(=O)cc1C(NC(C)=O)CC2. The molecule has 2 aliphatic rings. The van der Waals surface area contributed by atoms with Gasteiger partial charge < -0.3 is 30.2 Å². The van der Waals surface area contributed by atoms with E-state index in [-0.39, 0.29) is 23.2 Å². The van der Waals surface area contributed by atoms with E-state index in [2.05, 4.69) is 35.9 Å². The molecule has 0 heterocycles. The summed E-state index contributed by atoms with van der Waals surface area (Å²) in [5.41, 5.74) is 4.60. The van der Waals surface area contributed by atoms with Gasteiger partial charge in [0, 0.05) is 19.0 Å². The number of aryl methyl sites for hydroxylation is 1. The van der Waals surface area contributed by atoms with E-state index in [0.29, 0.717) is 54.3 Å². The summed E-state index contributed by atoms with van der Waals surface area (Å²) < 4.78 is 17.2. The Labute approximate surface area is 260 Å². The highest BCUT2D eigenvalue weighted by Crippen LogP contribution is 2.50. The zero-order valence-electron chi connectivity index (χ0n) is 26.9. The van der Waals surface area contributed by atoms with Crippen molar-refractivity contribution in [3.63, 3.8) is 0 Å². The third-order valence-corrected chi connectivity index (χ3v) is 8.40. The third-order valence-electron chi connectivity index (χ3n) is 8.40. The van der Waals surface area contributed by atoms with Crippen LogP contribution in [-0.4, -0.2) is 45.7 Å². The van der Waals surface area contributed by atoms with Gasteiger partial charge in [-0.25, -0.2) is 0 Å². The quantitative estimate of drug-likeness (QED) is 0.266. The van der Waals surface area contributed by atoms with Gasteiger partial charge in [-0.3, -0.25) is 14.4 Å². The summed E-state index contributed by atoms with van der Waals surface area (Å²) in [6.45, 7) is 6.16. The van der Waals surface area contributed by atoms with Crippen LogP contribution in [0.2, 0.25) is 0 Å². The van der Waals surface area contributed by atoms with Crippen LogP contribution in [0.1, 0.15) is 82.9 Å². The third kappa shape index (κ3) is 7.73. The molecule has 2 atom stereocenters. The van der Waals surface area contributed by atoms with Gasteiger partial charge >= 0.3 is 0 Å². The molecule has 4 rings (SSSR count). The molecule has 0 saturated carbocycles. The minimum atomic E-state index is -0.581. The molecular formula is C35H47N3O6. The Balaban J connectivity index is 1.74. The molecule has 9 heteroatoms. The highest BCUT2D eigenvalue weighted by Gasteiger charge is 2.30. The number of carbonyl (C=O) groups excluding carboxylic acids is 2. The lowest BCUT2D eigenvalue weighted by molar-refractivity contribution is -0.122. The van der Waals surface area contributed by atoms with E-state index < -0.39 is 12.1 Å². The first kappa shape index (κ1) is 32.9. The van der Waals surface area contributed by atoms with Gasteiger partial charge in [-0.1, -0.05) is 31.6 Å². The van der Waals surface area contributed by atoms with Gasteiger partial charge in [0.05, 0.1) is 33.1 Å². The van der Waals surface area contributed by atoms with Crippen LogP contribution in [0.25, 0.3) is 11.1 Å². The number of ether oxygens (including phenoxy) is 3. The van der Waals surface area contributed by atoms with Crippen LogP contribution in [0, 0.1) is 5.92 Å². The molecule has 0 radical (unpaired) electrons. The number of allylic oxidation sites excluding steroid dienone is 1. The molecular weight excluding hydrogens is 558 g/mol. The number of hydrogen-bond donors (Lipinski definition) is 3. The van der Waals surface area contributed by atoms with Gasteiger partial charge in [0.1, 0.15) is 6.04 Å². The second kappa shape index (κ2) is 15.1. The fourth-order valence-electron chi connectivity index (χ4n) is 6.32. The Morgan fingerprint density at radius 2 is 1.77 bits per heavy atom. The summed E-state index contributed by atoms with van der Waals surface area (Å²) in [4.78, 5) is 39.4. The topological polar surface area (TPSA) is 115 Å². The number of carbonyl (C=O) groups is 2. The van der Waals surface area contributed by atoms with E-state index >= 15 is 0 Å². The number of anilines is 1. The maximum atomic E-state index is 13.8. The Hall–Kier alpha value is -4.01. The van der Waals surface area contributed by atoms with Crippen LogP contribution in [-0.2, 0) is 16.0 Å². The molecule has 238 valence electrons. The van der Waals surface area contributed by atoms with E-state index in [1.807, 2.05) is 12.1 Å². The molecule has 2 aromatic rings. The molecule has 0 bridgehead atoms. The van der Waals surface area contributed by atoms with Crippen molar-refractivity contribution in [1.29, 1.82) is 0 Å². The monoisotopic (exact) mass is 605 g/mol. The number of nitrogens with one attached hydrogen (secondary N) is 3. The van der Waals surface area contributed by atoms with Crippen molar-refractivity contribution in [2.24, 2.45) is 5.92 Å². The Morgan fingerprint density at radius 1 is 1.00 bits per heavy atom. The van der Waals surface area contributed by atoms with Crippen LogP contribution in [0.5, 0.6) is 17.2 Å². The van der Waals surface area contributed by atoms with Crippen molar-refractivity contribution >= 4 is 17.5 Å². The van der Waals surface area contributed by atoms with Crippen molar-refractivity contribution in [3.05, 3.63) is 57.3 Å². The van der Waals surface area contributed by atoms with Crippen molar-refractivity contribution in [2.45, 2.75) is 84.2 Å². The predicted octanol–water partition coefficient (Wildman–Crippen LogP) is 5.70. The Kier molecular flexibility index (Phi) is 11.3. The molecule has 2 unspecified atom stereocenters. The highest BCUT2D eigenvalue weighted by molar-refractivity contribution is 5.86. The number of rotatable bonds is 12. The number of methoxy groups -OCH3 is 3. The average Bonchev–Trinajstić information content (AvgIpc) is 3.24. The van der Waals surface area contributed by atoms with Crippen LogP contribution in [0.3, 0.4) is 0 Å². The van der Waals surface area contributed by atoms with E-state index in [1.165, 1.54) is 25.3 Å². The summed E-state index contributed by atoms with van der Waals surface area (Å²) in [6, 6.07) is 6.10. The molecule has 0 aromatic heterocycles. The smallest absolute Gasteiger partial charge is 0.242 e. The molecule has 0 aliphatic heterocycles. The number of hydrogen-bond acceptors (Lipinski definition) is 7. The average molecular weight is 606 g/mol. The standard InChI is InChI=1S/C35H47N3O6/c1-21(2)18-29(35(41)36-17-16-23-10-8-7-9-11-23)38-28-15-13-25-26(20-30(28)40)27(37-22(3)39)14-12-24-19-31(42-4)33(43-5)34(44-6)32(24)25/h10,13,15,19-21,27,29H,7-9,11-12,14,16-18H2,1-6H3,(H,36,41)(H,37,39)(H,38,40). The molecule has 44 heavy (non-hydrogen) atoms. The van der Waals surface area contributed by atoms with Crippen molar-refractivity contribution < 1.29 is 23.8 Å². The molecule has 2 amide bonds. The summed E-state index contributed by atoms with van der Waals surface area (Å²) in [7, 11) is 4.70. The molecule has 0 spiro atoms. The van der Waals surface area contributed by atoms with Crippen LogP contribution in [0.15, 0.2) is 40.7 Å². The minimum absolute atomic E-state index is 0.123. The Morgan fingerprint density at radius 3 is 2.41 bits per heavy atom. The minimum Gasteiger partial charge on any atom is -0.493 e. The second-order valence-electron chi connectivity index (χ2n) is 12.1. The zero-order valence-corrected chi connectivity index (χ0v) is 26.9. The summed E-state index contributed by atoms with van der Waals surface area (Å²) >= 11 is 0. The van der Waals surface area contributed by atoms with Crippen LogP contribution >= 0.6 is 0 Å². The molecule has 3 N–H and O–H groups in total. The van der Waals surface area contributed by atoms with Crippen molar-refractivity contribution in [3.8, 4) is 28.4 Å². The zero-order chi connectivity index (χ0) is 31.8. The normalized spacial score (nSPS) is 16.4. The lowest BCUT2D eigenvalue weighted by atomic mass is 9.95. The lowest BCUT2D eigenvalue weighted by Crippen LogP contribution is -2.41. The fraction of sp³-hybridized carbons (Fsp3) is 0.514. The second-order valence-corrected chi connectivity index (χ2v) is 12.1. The molecule has 0 fully saturated rings. The number of fused-ring (bicyclic) bond motifs is 3. The first-order chi connectivity index (χ1) is 21.2. The maximum Gasteiger partial charge on any atom is 0.242 e. The number of amides is 2. The number of benzene rings is 1. The van der Waals surface area contributed by atoms with Crippen LogP contribution < -0.4 is 35.6 Å². The lowest BCUT2D eigenvalue weighted by Gasteiger charge is -2.21. The van der Waals surface area contributed by atoms with E-state index in [1.54, 1.807) is 33.5 Å². The molecule has 2 aromatic carbocycles. The molecule has 2 aliphatic carbocycles. The summed E-state index contributed by atoms with van der Waals surface area (Å²) in [5.74, 6) is 1.39. The van der Waals surface area contributed by atoms with Crippen molar-refractivity contribution in [1.82, 2.24) is 10.6 Å². The summed E-state index contributed by atoms with van der Waals surface area (Å²) in [5, 5.41) is 9.40.